The van der Waals surface area contributed by atoms with Crippen molar-refractivity contribution in [3.63, 3.8) is 0 Å². The van der Waals surface area contributed by atoms with Gasteiger partial charge in [-0.2, -0.15) is 0 Å². The second-order valence-electron chi connectivity index (χ2n) is 5.30. The van der Waals surface area contributed by atoms with E-state index in [1.165, 1.54) is 19.1 Å². The molecule has 5 heteroatoms. The van der Waals surface area contributed by atoms with Gasteiger partial charge in [-0.3, -0.25) is 9.59 Å². The summed E-state index contributed by atoms with van der Waals surface area (Å²) < 4.78 is 0. The van der Waals surface area contributed by atoms with Gasteiger partial charge in [0.05, 0.1) is 10.8 Å². The van der Waals surface area contributed by atoms with Gasteiger partial charge < -0.3 is 10.2 Å². The van der Waals surface area contributed by atoms with Crippen LogP contribution in [0.5, 0.6) is 0 Å². The average Bonchev–Trinajstić information content (AvgIpc) is 2.42. The van der Waals surface area contributed by atoms with E-state index in [4.69, 9.17) is 11.6 Å². The Morgan fingerprint density at radius 2 is 1.80 bits per heavy atom. The average molecular weight is 295 g/mol. The van der Waals surface area contributed by atoms with Gasteiger partial charge in [0, 0.05) is 0 Å². The molecular weight excluding hydrogens is 280 g/mol. The van der Waals surface area contributed by atoms with E-state index < -0.39 is 28.1 Å². The smallest absolute Gasteiger partial charge is 0.318 e. The largest absolute Gasteiger partial charge is 0.481 e. The maximum absolute atomic E-state index is 11.8. The van der Waals surface area contributed by atoms with Crippen LogP contribution in [0.25, 0.3) is 0 Å². The number of carboxylic acids is 2. The number of alkyl halides is 1. The SMILES string of the molecule is CC1(C(=O)O)CC(C(=O)O)(c2ccccc2)C=CC1Cl. The standard InChI is InChI=1S/C15H15ClO4/c1-14(12(17)18)9-15(13(19)20,8-7-11(14)16)10-5-3-2-4-6-10/h2-8,11H,9H2,1H3,(H,17,18)(H,19,20). The van der Waals surface area contributed by atoms with Crippen molar-refractivity contribution in [2.75, 3.05) is 0 Å². The molecule has 0 saturated heterocycles. The zero-order valence-corrected chi connectivity index (χ0v) is 11.7. The summed E-state index contributed by atoms with van der Waals surface area (Å²) in [5.41, 5.74) is -2.13. The number of hydrogen-bond acceptors (Lipinski definition) is 2. The van der Waals surface area contributed by atoms with Gasteiger partial charge in [0.25, 0.3) is 0 Å². The topological polar surface area (TPSA) is 74.6 Å². The van der Waals surface area contributed by atoms with Gasteiger partial charge in [0.2, 0.25) is 0 Å². The first-order valence-corrected chi connectivity index (χ1v) is 6.62. The zero-order valence-electron chi connectivity index (χ0n) is 10.9. The molecule has 20 heavy (non-hydrogen) atoms. The Kier molecular flexibility index (Phi) is 3.61. The number of allylic oxidation sites excluding steroid dienone is 1. The summed E-state index contributed by atoms with van der Waals surface area (Å²) >= 11 is 6.08. The summed E-state index contributed by atoms with van der Waals surface area (Å²) in [6.45, 7) is 1.48. The molecule has 0 aromatic heterocycles. The van der Waals surface area contributed by atoms with Crippen molar-refractivity contribution in [2.45, 2.75) is 24.1 Å². The molecule has 1 aromatic carbocycles. The third kappa shape index (κ3) is 2.10. The van der Waals surface area contributed by atoms with E-state index in [2.05, 4.69) is 0 Å². The lowest BCUT2D eigenvalue weighted by Crippen LogP contribution is -2.49. The van der Waals surface area contributed by atoms with Crippen LogP contribution in [0.15, 0.2) is 42.5 Å². The van der Waals surface area contributed by atoms with Gasteiger partial charge in [0.1, 0.15) is 5.41 Å². The number of aliphatic carboxylic acids is 2. The highest BCUT2D eigenvalue weighted by Gasteiger charge is 2.53. The lowest BCUT2D eigenvalue weighted by molar-refractivity contribution is -0.151. The Morgan fingerprint density at radius 1 is 1.20 bits per heavy atom. The van der Waals surface area contributed by atoms with Gasteiger partial charge in [-0.05, 0) is 18.9 Å². The molecule has 106 valence electrons. The Labute approximate surface area is 121 Å². The molecule has 0 aliphatic heterocycles. The third-order valence-corrected chi connectivity index (χ3v) is 4.59. The molecule has 1 aliphatic rings. The van der Waals surface area contributed by atoms with Crippen LogP contribution in [0.1, 0.15) is 18.9 Å². The van der Waals surface area contributed by atoms with Crippen LogP contribution in [-0.2, 0) is 15.0 Å². The molecule has 0 radical (unpaired) electrons. The highest BCUT2D eigenvalue weighted by atomic mass is 35.5. The summed E-state index contributed by atoms with van der Waals surface area (Å²) in [7, 11) is 0. The van der Waals surface area contributed by atoms with Crippen molar-refractivity contribution in [2.24, 2.45) is 5.41 Å². The zero-order chi connectivity index (χ0) is 15.0. The van der Waals surface area contributed by atoms with Crippen LogP contribution in [0.4, 0.5) is 0 Å². The predicted molar refractivity (Wildman–Crippen MR) is 74.9 cm³/mol. The van der Waals surface area contributed by atoms with Crippen LogP contribution in [0.3, 0.4) is 0 Å². The highest BCUT2D eigenvalue weighted by molar-refractivity contribution is 6.24. The van der Waals surface area contributed by atoms with Crippen LogP contribution >= 0.6 is 11.6 Å². The number of carboxylic acid groups (broad SMARTS) is 2. The quantitative estimate of drug-likeness (QED) is 0.664. The van der Waals surface area contributed by atoms with Crippen LogP contribution < -0.4 is 0 Å². The van der Waals surface area contributed by atoms with E-state index in [1.807, 2.05) is 0 Å². The van der Waals surface area contributed by atoms with Crippen LogP contribution in [-0.4, -0.2) is 27.5 Å². The maximum atomic E-state index is 11.8. The van der Waals surface area contributed by atoms with E-state index in [-0.39, 0.29) is 6.42 Å². The summed E-state index contributed by atoms with van der Waals surface area (Å²) in [6.07, 6.45) is 2.90. The van der Waals surface area contributed by atoms with Gasteiger partial charge in [-0.25, -0.2) is 0 Å². The molecule has 2 rings (SSSR count). The van der Waals surface area contributed by atoms with E-state index in [1.54, 1.807) is 30.3 Å². The summed E-state index contributed by atoms with van der Waals surface area (Å²) in [6, 6.07) is 8.63. The number of rotatable bonds is 3. The molecule has 3 atom stereocenters. The maximum Gasteiger partial charge on any atom is 0.318 e. The first kappa shape index (κ1) is 14.6. The minimum absolute atomic E-state index is 0.0840. The number of benzene rings is 1. The molecule has 0 saturated carbocycles. The molecule has 1 aliphatic carbocycles. The molecule has 0 bridgehead atoms. The molecule has 3 unspecified atom stereocenters. The van der Waals surface area contributed by atoms with E-state index in [0.29, 0.717) is 5.56 Å². The van der Waals surface area contributed by atoms with Crippen molar-refractivity contribution >= 4 is 23.5 Å². The van der Waals surface area contributed by atoms with Gasteiger partial charge >= 0.3 is 11.9 Å². The second kappa shape index (κ2) is 4.94. The highest BCUT2D eigenvalue weighted by Crippen LogP contribution is 2.46. The van der Waals surface area contributed by atoms with Gasteiger partial charge in [0.15, 0.2) is 0 Å². The Hall–Kier alpha value is -1.81. The Balaban J connectivity index is 2.59. The molecule has 0 spiro atoms. The van der Waals surface area contributed by atoms with Crippen molar-refractivity contribution in [1.29, 1.82) is 0 Å². The van der Waals surface area contributed by atoms with Crippen molar-refractivity contribution < 1.29 is 19.8 Å². The van der Waals surface area contributed by atoms with E-state index >= 15 is 0 Å². The van der Waals surface area contributed by atoms with Gasteiger partial charge in [-0.15, -0.1) is 11.6 Å². The number of halogens is 1. The second-order valence-corrected chi connectivity index (χ2v) is 5.77. The first-order valence-electron chi connectivity index (χ1n) is 6.19. The Morgan fingerprint density at radius 3 is 2.30 bits per heavy atom. The fourth-order valence-electron chi connectivity index (χ4n) is 2.59. The fraction of sp³-hybridized carbons (Fsp3) is 0.333. The third-order valence-electron chi connectivity index (χ3n) is 3.96. The predicted octanol–water partition coefficient (Wildman–Crippen LogP) is 2.67. The van der Waals surface area contributed by atoms with Crippen LogP contribution in [0, 0.1) is 5.41 Å². The molecule has 1 aromatic rings. The molecule has 4 nitrogen and oxygen atoms in total. The molecular formula is C15H15ClO4. The van der Waals surface area contributed by atoms with Gasteiger partial charge in [-0.1, -0.05) is 42.5 Å². The summed E-state index contributed by atoms with van der Waals surface area (Å²) in [5.74, 6) is -2.17. The lowest BCUT2D eigenvalue weighted by Gasteiger charge is -2.40. The molecule has 0 heterocycles. The first-order chi connectivity index (χ1) is 9.33. The molecule has 2 N–H and O–H groups in total. The Bertz CT molecular complexity index is 568. The van der Waals surface area contributed by atoms with Crippen LogP contribution in [0.2, 0.25) is 0 Å². The minimum Gasteiger partial charge on any atom is -0.481 e. The normalized spacial score (nSPS) is 32.8. The number of hydrogen-bond donors (Lipinski definition) is 2. The monoisotopic (exact) mass is 294 g/mol. The lowest BCUT2D eigenvalue weighted by atomic mass is 9.63. The molecule has 0 fully saturated rings. The number of carbonyl (C=O) groups is 2. The minimum atomic E-state index is -1.36. The molecule has 0 amide bonds. The van der Waals surface area contributed by atoms with Crippen molar-refractivity contribution in [3.05, 3.63) is 48.0 Å². The summed E-state index contributed by atoms with van der Waals surface area (Å²) in [4.78, 5) is 23.3. The van der Waals surface area contributed by atoms with E-state index in [9.17, 15) is 19.8 Å². The van der Waals surface area contributed by atoms with Crippen molar-refractivity contribution in [3.8, 4) is 0 Å². The van der Waals surface area contributed by atoms with Crippen molar-refractivity contribution in [1.82, 2.24) is 0 Å². The summed E-state index contributed by atoms with van der Waals surface area (Å²) in [5, 5.41) is 18.3. The fourth-order valence-corrected chi connectivity index (χ4v) is 2.84. The van der Waals surface area contributed by atoms with E-state index in [0.717, 1.165) is 0 Å².